The van der Waals surface area contributed by atoms with Gasteiger partial charge < -0.3 is 5.11 Å². The lowest BCUT2D eigenvalue weighted by Gasteiger charge is -2.36. The molecule has 1 aliphatic carbocycles. The van der Waals surface area contributed by atoms with Crippen LogP contribution in [-0.2, 0) is 11.3 Å². The fourth-order valence-electron chi connectivity index (χ4n) is 5.29. The average Bonchev–Trinajstić information content (AvgIpc) is 3.18. The number of hydrogen-bond acceptors (Lipinski definition) is 3. The van der Waals surface area contributed by atoms with Gasteiger partial charge in [0.1, 0.15) is 0 Å². The summed E-state index contributed by atoms with van der Waals surface area (Å²) in [6.45, 7) is 3.34. The Hall–Kier alpha value is -2.86. The highest BCUT2D eigenvalue weighted by molar-refractivity contribution is 6.06. The molecule has 0 spiro atoms. The van der Waals surface area contributed by atoms with Crippen molar-refractivity contribution < 1.29 is 14.7 Å². The molecule has 2 aromatic rings. The van der Waals surface area contributed by atoms with E-state index in [0.717, 1.165) is 23.5 Å². The largest absolute Gasteiger partial charge is 0.481 e. The number of rotatable bonds is 6. The Labute approximate surface area is 189 Å². The van der Waals surface area contributed by atoms with Gasteiger partial charge in [-0.3, -0.25) is 19.5 Å². The molecule has 0 atom stereocenters. The fraction of sp³-hybridized carbons (Fsp3) is 0.462. The standard InChI is InChI=1S/C26H31N3O3/c30-25(31)22-17-27(18-22)16-19-9-11-23(12-10-19)28-13-14-29(26(28)32)24-8-4-7-21(15-24)20-5-2-1-3-6-20/h4,7-12,15,20,22H,1-3,5-6,13-14,16-18H2,(H,30,31). The number of nitrogens with zero attached hydrogens (tertiary/aromatic N) is 3. The van der Waals surface area contributed by atoms with E-state index in [2.05, 4.69) is 23.1 Å². The first kappa shape index (κ1) is 21.0. The number of carbonyl (C=O) groups is 2. The van der Waals surface area contributed by atoms with Gasteiger partial charge >= 0.3 is 12.0 Å². The molecule has 32 heavy (non-hydrogen) atoms. The van der Waals surface area contributed by atoms with Crippen LogP contribution in [-0.4, -0.2) is 48.2 Å². The Morgan fingerprint density at radius 2 is 1.59 bits per heavy atom. The third-order valence-electron chi connectivity index (χ3n) is 7.23. The first-order valence-electron chi connectivity index (χ1n) is 11.8. The molecule has 2 aliphatic heterocycles. The predicted octanol–water partition coefficient (Wildman–Crippen LogP) is 4.70. The summed E-state index contributed by atoms with van der Waals surface area (Å²) < 4.78 is 0. The number of aliphatic carboxylic acids is 1. The van der Waals surface area contributed by atoms with Gasteiger partial charge in [0.15, 0.2) is 0 Å². The number of hydrogen-bond donors (Lipinski definition) is 1. The Bertz CT molecular complexity index is 978. The van der Waals surface area contributed by atoms with Crippen LogP contribution >= 0.6 is 0 Å². The first-order chi connectivity index (χ1) is 15.6. The van der Waals surface area contributed by atoms with Crippen molar-refractivity contribution in [1.82, 2.24) is 4.90 Å². The Morgan fingerprint density at radius 1 is 0.906 bits per heavy atom. The summed E-state index contributed by atoms with van der Waals surface area (Å²) in [7, 11) is 0. The highest BCUT2D eigenvalue weighted by Crippen LogP contribution is 2.35. The highest BCUT2D eigenvalue weighted by atomic mass is 16.4. The van der Waals surface area contributed by atoms with Crippen LogP contribution in [0.1, 0.15) is 49.1 Å². The number of carboxylic acid groups (broad SMARTS) is 1. The van der Waals surface area contributed by atoms with Crippen molar-refractivity contribution in [3.8, 4) is 0 Å². The SMILES string of the molecule is O=C(O)C1CN(Cc2ccc(N3CCN(c4cccc(C5CCCCC5)c4)C3=O)cc2)C1. The molecule has 2 aromatic carbocycles. The van der Waals surface area contributed by atoms with Crippen LogP contribution in [0.5, 0.6) is 0 Å². The maximum Gasteiger partial charge on any atom is 0.329 e. The molecule has 2 amide bonds. The third-order valence-corrected chi connectivity index (χ3v) is 7.23. The molecule has 3 fully saturated rings. The maximum atomic E-state index is 13.2. The zero-order chi connectivity index (χ0) is 22.1. The summed E-state index contributed by atoms with van der Waals surface area (Å²) in [6, 6.07) is 16.7. The van der Waals surface area contributed by atoms with E-state index in [1.807, 2.05) is 40.1 Å². The molecule has 0 radical (unpaired) electrons. The van der Waals surface area contributed by atoms with Gasteiger partial charge in [0, 0.05) is 44.1 Å². The summed E-state index contributed by atoms with van der Waals surface area (Å²) in [5, 5.41) is 9.02. The van der Waals surface area contributed by atoms with Crippen molar-refractivity contribution in [2.75, 3.05) is 36.0 Å². The minimum absolute atomic E-state index is 0.0330. The van der Waals surface area contributed by atoms with Gasteiger partial charge in [-0.15, -0.1) is 0 Å². The Morgan fingerprint density at radius 3 is 2.28 bits per heavy atom. The van der Waals surface area contributed by atoms with Crippen LogP contribution in [0, 0.1) is 5.92 Å². The lowest BCUT2D eigenvalue weighted by molar-refractivity contribution is -0.147. The molecule has 1 N–H and O–H groups in total. The van der Waals surface area contributed by atoms with Crippen molar-refractivity contribution >= 4 is 23.4 Å². The summed E-state index contributed by atoms with van der Waals surface area (Å²) in [4.78, 5) is 30.0. The monoisotopic (exact) mass is 433 g/mol. The third kappa shape index (κ3) is 4.24. The molecular formula is C26H31N3O3. The second-order valence-electron chi connectivity index (χ2n) is 9.41. The summed E-state index contributed by atoms with van der Waals surface area (Å²) in [5.41, 5.74) is 4.43. The van der Waals surface area contributed by atoms with Crippen molar-refractivity contribution in [2.24, 2.45) is 5.92 Å². The average molecular weight is 434 g/mol. The molecule has 2 saturated heterocycles. The van der Waals surface area contributed by atoms with E-state index >= 15 is 0 Å². The summed E-state index contributed by atoms with van der Waals surface area (Å²) >= 11 is 0. The Kier molecular flexibility index (Phi) is 5.87. The van der Waals surface area contributed by atoms with Gasteiger partial charge in [-0.1, -0.05) is 43.5 Å². The zero-order valence-corrected chi connectivity index (χ0v) is 18.4. The van der Waals surface area contributed by atoms with E-state index in [4.69, 9.17) is 5.11 Å². The number of urea groups is 1. The van der Waals surface area contributed by atoms with Crippen molar-refractivity contribution in [3.63, 3.8) is 0 Å². The second kappa shape index (κ2) is 8.94. The minimum Gasteiger partial charge on any atom is -0.481 e. The lowest BCUT2D eigenvalue weighted by Crippen LogP contribution is -2.49. The van der Waals surface area contributed by atoms with Crippen LogP contribution in [0.3, 0.4) is 0 Å². The lowest BCUT2D eigenvalue weighted by atomic mass is 9.84. The molecule has 3 aliphatic rings. The van der Waals surface area contributed by atoms with E-state index < -0.39 is 5.97 Å². The minimum atomic E-state index is -0.710. The van der Waals surface area contributed by atoms with Gasteiger partial charge in [-0.25, -0.2) is 4.79 Å². The number of amides is 2. The van der Waals surface area contributed by atoms with Gasteiger partial charge in [0.2, 0.25) is 0 Å². The van der Waals surface area contributed by atoms with Crippen LogP contribution in [0.25, 0.3) is 0 Å². The Balaban J connectivity index is 1.22. The van der Waals surface area contributed by atoms with Crippen molar-refractivity contribution in [1.29, 1.82) is 0 Å². The molecule has 5 rings (SSSR count). The summed E-state index contributed by atoms with van der Waals surface area (Å²) in [5.74, 6) is -0.320. The molecule has 2 heterocycles. The van der Waals surface area contributed by atoms with Crippen LogP contribution in [0.4, 0.5) is 16.2 Å². The van der Waals surface area contributed by atoms with Crippen molar-refractivity contribution in [3.05, 3.63) is 59.7 Å². The number of carboxylic acids is 1. The van der Waals surface area contributed by atoms with Crippen LogP contribution in [0.15, 0.2) is 48.5 Å². The van der Waals surface area contributed by atoms with Gasteiger partial charge in [-0.05, 0) is 54.2 Å². The molecule has 0 unspecified atom stereocenters. The smallest absolute Gasteiger partial charge is 0.329 e. The normalized spacial score (nSPS) is 20.6. The molecule has 0 aromatic heterocycles. The molecule has 168 valence electrons. The second-order valence-corrected chi connectivity index (χ2v) is 9.41. The van der Waals surface area contributed by atoms with E-state index in [1.54, 1.807) is 0 Å². The van der Waals surface area contributed by atoms with Gasteiger partial charge in [0.05, 0.1) is 5.92 Å². The number of carbonyl (C=O) groups excluding carboxylic acids is 1. The van der Waals surface area contributed by atoms with Crippen LogP contribution < -0.4 is 9.80 Å². The fourth-order valence-corrected chi connectivity index (χ4v) is 5.29. The summed E-state index contributed by atoms with van der Waals surface area (Å²) in [6.07, 6.45) is 6.46. The zero-order valence-electron chi connectivity index (χ0n) is 18.4. The molecule has 6 nitrogen and oxygen atoms in total. The first-order valence-corrected chi connectivity index (χ1v) is 11.8. The maximum absolute atomic E-state index is 13.2. The quantitative estimate of drug-likeness (QED) is 0.717. The van der Waals surface area contributed by atoms with E-state index in [-0.39, 0.29) is 11.9 Å². The van der Waals surface area contributed by atoms with Crippen molar-refractivity contribution in [2.45, 2.75) is 44.6 Å². The topological polar surface area (TPSA) is 64.1 Å². The van der Waals surface area contributed by atoms with E-state index in [1.165, 1.54) is 37.7 Å². The van der Waals surface area contributed by atoms with E-state index in [0.29, 0.717) is 32.1 Å². The predicted molar refractivity (Wildman–Crippen MR) is 125 cm³/mol. The van der Waals surface area contributed by atoms with Gasteiger partial charge in [-0.2, -0.15) is 0 Å². The number of likely N-dealkylation sites (tertiary alicyclic amines) is 1. The molecule has 6 heteroatoms. The molecule has 0 bridgehead atoms. The van der Waals surface area contributed by atoms with Gasteiger partial charge in [0.25, 0.3) is 0 Å². The molecule has 1 saturated carbocycles. The number of benzene rings is 2. The van der Waals surface area contributed by atoms with Crippen LogP contribution in [0.2, 0.25) is 0 Å². The highest BCUT2D eigenvalue weighted by Gasteiger charge is 2.33. The van der Waals surface area contributed by atoms with E-state index in [9.17, 15) is 9.59 Å². The number of anilines is 2. The molecular weight excluding hydrogens is 402 g/mol.